The van der Waals surface area contributed by atoms with Crippen molar-refractivity contribution in [3.05, 3.63) is 24.3 Å². The summed E-state index contributed by atoms with van der Waals surface area (Å²) in [5.74, 6) is -0.952. The van der Waals surface area contributed by atoms with Crippen LogP contribution in [0.5, 0.6) is 0 Å². The summed E-state index contributed by atoms with van der Waals surface area (Å²) in [7, 11) is 0. The predicted octanol–water partition coefficient (Wildman–Crippen LogP) is 15.2. The molecule has 6 heteroatoms. The first-order valence-corrected chi connectivity index (χ1v) is 23.8. The second-order valence-electron chi connectivity index (χ2n) is 16.0. The highest BCUT2D eigenvalue weighted by atomic mass is 16.6. The number of esters is 3. The van der Waals surface area contributed by atoms with Crippen LogP contribution >= 0.6 is 0 Å². The predicted molar refractivity (Wildman–Crippen MR) is 233 cm³/mol. The second kappa shape index (κ2) is 44.6. The highest BCUT2D eigenvalue weighted by Crippen LogP contribution is 2.15. The van der Waals surface area contributed by atoms with Crippen LogP contribution in [0.15, 0.2) is 24.3 Å². The third-order valence-electron chi connectivity index (χ3n) is 10.5. The Morgan fingerprint density at radius 3 is 1.07 bits per heavy atom. The quantitative estimate of drug-likeness (QED) is 0.0266. The molecule has 0 aliphatic carbocycles. The van der Waals surface area contributed by atoms with Crippen LogP contribution in [0.4, 0.5) is 0 Å². The third kappa shape index (κ3) is 42.9. The Balaban J connectivity index is 4.37. The lowest BCUT2D eigenvalue weighted by Gasteiger charge is -2.18. The zero-order valence-corrected chi connectivity index (χ0v) is 36.7. The summed E-state index contributed by atoms with van der Waals surface area (Å²) in [6.45, 7) is 6.57. The summed E-state index contributed by atoms with van der Waals surface area (Å²) in [6.07, 6.45) is 48.9. The molecule has 0 fully saturated rings. The van der Waals surface area contributed by atoms with Gasteiger partial charge in [0.2, 0.25) is 0 Å². The zero-order chi connectivity index (χ0) is 40.1. The summed E-state index contributed by atoms with van der Waals surface area (Å²) < 4.78 is 16.6. The standard InChI is InChI=1S/C49H90O6/c1-4-7-10-13-16-19-21-23-24-26-27-30-33-36-39-42-48(51)54-45-46(44-53-47(50)41-38-35-32-29-18-15-12-9-6-3)55-49(52)43-40-37-34-31-28-25-22-20-17-14-11-8-5-2/h25,28,34,37,46H,4-24,26-27,29-33,35-36,38-45H2,1-3H3/b28-25-,37-34-. The fourth-order valence-electron chi connectivity index (χ4n) is 6.85. The highest BCUT2D eigenvalue weighted by molar-refractivity contribution is 5.71. The van der Waals surface area contributed by atoms with E-state index in [1.54, 1.807) is 0 Å². The van der Waals surface area contributed by atoms with Gasteiger partial charge in [0.05, 0.1) is 0 Å². The summed E-state index contributed by atoms with van der Waals surface area (Å²) in [6, 6.07) is 0. The summed E-state index contributed by atoms with van der Waals surface area (Å²) in [5.41, 5.74) is 0. The third-order valence-corrected chi connectivity index (χ3v) is 10.5. The molecule has 0 bridgehead atoms. The topological polar surface area (TPSA) is 78.9 Å². The fourth-order valence-corrected chi connectivity index (χ4v) is 6.85. The monoisotopic (exact) mass is 775 g/mol. The average molecular weight is 775 g/mol. The first-order valence-electron chi connectivity index (χ1n) is 23.8. The highest BCUT2D eigenvalue weighted by Gasteiger charge is 2.19. The molecule has 0 aliphatic rings. The van der Waals surface area contributed by atoms with Crippen LogP contribution in [-0.2, 0) is 28.6 Å². The molecule has 1 atom stereocenters. The second-order valence-corrected chi connectivity index (χ2v) is 16.0. The SMILES string of the molecule is CCCCCCCC/C=C\C/C=C\CCC(=O)OC(COC(=O)CCCCCCCCCCC)COC(=O)CCCCCCCCCCCCCCCCC. The number of carbonyl (C=O) groups excluding carboxylic acids is 3. The molecule has 0 saturated heterocycles. The van der Waals surface area contributed by atoms with Crippen molar-refractivity contribution in [3.63, 3.8) is 0 Å². The minimum Gasteiger partial charge on any atom is -0.462 e. The maximum atomic E-state index is 12.7. The summed E-state index contributed by atoms with van der Waals surface area (Å²) in [5, 5.41) is 0. The van der Waals surface area contributed by atoms with E-state index >= 15 is 0 Å². The molecule has 0 radical (unpaired) electrons. The van der Waals surface area contributed by atoms with Crippen molar-refractivity contribution in [2.75, 3.05) is 13.2 Å². The van der Waals surface area contributed by atoms with Crippen molar-refractivity contribution >= 4 is 17.9 Å². The number of unbranched alkanes of at least 4 members (excludes halogenated alkanes) is 28. The van der Waals surface area contributed by atoms with E-state index in [2.05, 4.69) is 39.0 Å². The van der Waals surface area contributed by atoms with Gasteiger partial charge in [0.15, 0.2) is 6.10 Å². The molecule has 322 valence electrons. The lowest BCUT2D eigenvalue weighted by molar-refractivity contribution is -0.166. The number of hydrogen-bond donors (Lipinski definition) is 0. The van der Waals surface area contributed by atoms with Crippen molar-refractivity contribution in [3.8, 4) is 0 Å². The molecule has 0 aromatic carbocycles. The van der Waals surface area contributed by atoms with Crippen molar-refractivity contribution in [2.24, 2.45) is 0 Å². The summed E-state index contributed by atoms with van der Waals surface area (Å²) >= 11 is 0. The molecule has 0 aliphatic heterocycles. The van der Waals surface area contributed by atoms with E-state index in [0.717, 1.165) is 51.4 Å². The van der Waals surface area contributed by atoms with Gasteiger partial charge in [-0.05, 0) is 38.5 Å². The number of allylic oxidation sites excluding steroid dienone is 4. The molecule has 0 saturated carbocycles. The van der Waals surface area contributed by atoms with E-state index in [1.807, 2.05) is 6.08 Å². The van der Waals surface area contributed by atoms with Crippen molar-refractivity contribution in [1.82, 2.24) is 0 Å². The Morgan fingerprint density at radius 2 is 0.691 bits per heavy atom. The Kier molecular flexibility index (Phi) is 42.9. The number of rotatable bonds is 43. The minimum atomic E-state index is -0.793. The largest absolute Gasteiger partial charge is 0.462 e. The van der Waals surface area contributed by atoms with Crippen molar-refractivity contribution < 1.29 is 28.6 Å². The minimum absolute atomic E-state index is 0.0894. The molecule has 6 nitrogen and oxygen atoms in total. The van der Waals surface area contributed by atoms with Crippen molar-refractivity contribution in [2.45, 2.75) is 258 Å². The lowest BCUT2D eigenvalue weighted by atomic mass is 10.0. The number of hydrogen-bond acceptors (Lipinski definition) is 6. The molecule has 0 aromatic rings. The van der Waals surface area contributed by atoms with E-state index in [4.69, 9.17) is 14.2 Å². The van der Waals surface area contributed by atoms with Crippen LogP contribution in [0.3, 0.4) is 0 Å². The van der Waals surface area contributed by atoms with Crippen LogP contribution < -0.4 is 0 Å². The van der Waals surface area contributed by atoms with E-state index in [-0.39, 0.29) is 37.5 Å². The normalized spacial score (nSPS) is 12.1. The lowest BCUT2D eigenvalue weighted by Crippen LogP contribution is -2.30. The van der Waals surface area contributed by atoms with Gasteiger partial charge in [-0.3, -0.25) is 14.4 Å². The van der Waals surface area contributed by atoms with Crippen LogP contribution in [0.25, 0.3) is 0 Å². The average Bonchev–Trinajstić information content (AvgIpc) is 3.18. The van der Waals surface area contributed by atoms with Crippen LogP contribution in [-0.4, -0.2) is 37.2 Å². The maximum Gasteiger partial charge on any atom is 0.306 e. The van der Waals surface area contributed by atoms with Gasteiger partial charge < -0.3 is 14.2 Å². The molecular formula is C49H90O6. The van der Waals surface area contributed by atoms with Crippen LogP contribution in [0.2, 0.25) is 0 Å². The van der Waals surface area contributed by atoms with Gasteiger partial charge in [0, 0.05) is 19.3 Å². The zero-order valence-electron chi connectivity index (χ0n) is 36.7. The molecule has 0 rings (SSSR count). The maximum absolute atomic E-state index is 12.7. The Bertz CT molecular complexity index is 896. The fraction of sp³-hybridized carbons (Fsp3) is 0.857. The van der Waals surface area contributed by atoms with Gasteiger partial charge in [-0.15, -0.1) is 0 Å². The number of carbonyl (C=O) groups is 3. The van der Waals surface area contributed by atoms with Gasteiger partial charge in [0.1, 0.15) is 13.2 Å². The first-order chi connectivity index (χ1) is 27.0. The molecular weight excluding hydrogens is 685 g/mol. The molecule has 0 amide bonds. The van der Waals surface area contributed by atoms with Crippen LogP contribution in [0.1, 0.15) is 252 Å². The molecule has 1 unspecified atom stereocenters. The van der Waals surface area contributed by atoms with Gasteiger partial charge >= 0.3 is 17.9 Å². The van der Waals surface area contributed by atoms with Gasteiger partial charge in [-0.1, -0.05) is 218 Å². The smallest absolute Gasteiger partial charge is 0.306 e. The van der Waals surface area contributed by atoms with E-state index < -0.39 is 6.10 Å². The molecule has 0 spiro atoms. The molecule has 0 heterocycles. The van der Waals surface area contributed by atoms with E-state index in [9.17, 15) is 14.4 Å². The van der Waals surface area contributed by atoms with Gasteiger partial charge in [0.25, 0.3) is 0 Å². The summed E-state index contributed by atoms with van der Waals surface area (Å²) in [4.78, 5) is 37.7. The van der Waals surface area contributed by atoms with Crippen molar-refractivity contribution in [1.29, 1.82) is 0 Å². The Morgan fingerprint density at radius 1 is 0.364 bits per heavy atom. The number of ether oxygens (including phenoxy) is 3. The van der Waals surface area contributed by atoms with E-state index in [1.165, 1.54) is 154 Å². The van der Waals surface area contributed by atoms with Gasteiger partial charge in [-0.2, -0.15) is 0 Å². The van der Waals surface area contributed by atoms with Crippen LogP contribution in [0, 0.1) is 0 Å². The Labute approximate surface area is 341 Å². The molecule has 0 N–H and O–H groups in total. The van der Waals surface area contributed by atoms with Gasteiger partial charge in [-0.25, -0.2) is 0 Å². The van der Waals surface area contributed by atoms with E-state index in [0.29, 0.717) is 19.3 Å². The first kappa shape index (κ1) is 52.9. The Hall–Kier alpha value is -2.11. The molecule has 0 aromatic heterocycles. The molecule has 55 heavy (non-hydrogen) atoms.